The molecule has 2 aliphatic rings. The summed E-state index contributed by atoms with van der Waals surface area (Å²) in [5.41, 5.74) is -0.801. The summed E-state index contributed by atoms with van der Waals surface area (Å²) in [7, 11) is 0.804. The van der Waals surface area contributed by atoms with E-state index in [0.717, 1.165) is 0 Å². The molecular weight excluding hydrogens is 419 g/mol. The summed E-state index contributed by atoms with van der Waals surface area (Å²) in [6.07, 6.45) is 1.87. The van der Waals surface area contributed by atoms with Gasteiger partial charge in [0.2, 0.25) is 0 Å². The molecule has 1 atom stereocenters. The van der Waals surface area contributed by atoms with Gasteiger partial charge in [0, 0.05) is 30.0 Å². The average molecular weight is 457 g/mol. The highest BCUT2D eigenvalue weighted by molar-refractivity contribution is 6.74. The lowest BCUT2D eigenvalue weighted by Crippen LogP contribution is -2.46. The van der Waals surface area contributed by atoms with E-state index in [2.05, 4.69) is 33.9 Å². The van der Waals surface area contributed by atoms with Crippen LogP contribution < -0.4 is 9.47 Å². The second-order valence-corrected chi connectivity index (χ2v) is 15.0. The van der Waals surface area contributed by atoms with Crippen LogP contribution >= 0.6 is 0 Å². The van der Waals surface area contributed by atoms with Crippen molar-refractivity contribution in [2.75, 3.05) is 27.4 Å². The number of halogens is 1. The smallest absolute Gasteiger partial charge is 0.192 e. The molecule has 1 aliphatic heterocycles. The van der Waals surface area contributed by atoms with Crippen molar-refractivity contribution in [2.45, 2.75) is 82.6 Å². The summed E-state index contributed by atoms with van der Waals surface area (Å²) in [4.78, 5) is 0. The van der Waals surface area contributed by atoms with Gasteiger partial charge in [-0.2, -0.15) is 0 Å². The van der Waals surface area contributed by atoms with Gasteiger partial charge in [-0.1, -0.05) is 20.8 Å². The Morgan fingerprint density at radius 1 is 1.10 bits per heavy atom. The Morgan fingerprint density at radius 2 is 1.71 bits per heavy atom. The SMILES string of the molecule is COc1cc(OC)c(CO[Si](C)(C)C(C)(C)C)c(C2(O)CCCC3(C2)OCCO3)c1F. The summed E-state index contributed by atoms with van der Waals surface area (Å²) in [5.74, 6) is -1.000. The Morgan fingerprint density at radius 3 is 2.26 bits per heavy atom. The summed E-state index contributed by atoms with van der Waals surface area (Å²) in [6, 6.07) is 1.52. The molecule has 1 unspecified atom stereocenters. The molecule has 0 aromatic heterocycles. The van der Waals surface area contributed by atoms with Crippen molar-refractivity contribution >= 4 is 8.32 Å². The molecule has 1 N–H and O–H groups in total. The minimum atomic E-state index is -2.13. The van der Waals surface area contributed by atoms with Gasteiger partial charge in [-0.15, -0.1) is 0 Å². The number of hydrogen-bond acceptors (Lipinski definition) is 6. The molecule has 1 aliphatic carbocycles. The number of rotatable bonds is 6. The molecule has 1 aromatic rings. The van der Waals surface area contributed by atoms with Crippen LogP contribution in [0.15, 0.2) is 6.07 Å². The molecule has 0 bridgehead atoms. The van der Waals surface area contributed by atoms with E-state index in [1.165, 1.54) is 20.3 Å². The lowest BCUT2D eigenvalue weighted by Gasteiger charge is -2.43. The van der Waals surface area contributed by atoms with Crippen molar-refractivity contribution in [3.63, 3.8) is 0 Å². The second kappa shape index (κ2) is 8.63. The lowest BCUT2D eigenvalue weighted by atomic mass is 9.74. The van der Waals surface area contributed by atoms with Gasteiger partial charge in [-0.25, -0.2) is 4.39 Å². The third-order valence-corrected chi connectivity index (χ3v) is 11.6. The Balaban J connectivity index is 2.09. The maximum atomic E-state index is 15.7. The van der Waals surface area contributed by atoms with E-state index in [1.54, 1.807) is 0 Å². The van der Waals surface area contributed by atoms with Crippen LogP contribution in [0.1, 0.15) is 57.6 Å². The van der Waals surface area contributed by atoms with Crippen LogP contribution in [0, 0.1) is 5.82 Å². The fourth-order valence-corrected chi connectivity index (χ4v) is 5.24. The quantitative estimate of drug-likeness (QED) is 0.616. The van der Waals surface area contributed by atoms with Gasteiger partial charge < -0.3 is 28.5 Å². The van der Waals surface area contributed by atoms with E-state index in [-0.39, 0.29) is 29.4 Å². The van der Waals surface area contributed by atoms with Crippen molar-refractivity contribution in [1.29, 1.82) is 0 Å². The standard InChI is InChI=1S/C23H37FO6Si/c1-21(2,3)31(6,7)30-14-16-17(26-4)13-18(27-5)20(24)19(16)22(25)9-8-10-23(15-22)28-11-12-29-23/h13,25H,8-12,14-15H2,1-7H3. The van der Waals surface area contributed by atoms with Crippen LogP contribution in [0.5, 0.6) is 11.5 Å². The third kappa shape index (κ3) is 4.64. The van der Waals surface area contributed by atoms with Crippen LogP contribution in [0.25, 0.3) is 0 Å². The number of benzene rings is 1. The van der Waals surface area contributed by atoms with Gasteiger partial charge in [0.15, 0.2) is 25.7 Å². The molecule has 2 fully saturated rings. The maximum Gasteiger partial charge on any atom is 0.192 e. The average Bonchev–Trinajstić information content (AvgIpc) is 3.12. The summed E-state index contributed by atoms with van der Waals surface area (Å²) in [6.45, 7) is 11.8. The first kappa shape index (κ1) is 24.4. The molecule has 3 rings (SSSR count). The molecule has 8 heteroatoms. The largest absolute Gasteiger partial charge is 0.496 e. The van der Waals surface area contributed by atoms with Crippen LogP contribution in [0.4, 0.5) is 4.39 Å². The number of hydrogen-bond donors (Lipinski definition) is 1. The summed E-state index contributed by atoms with van der Waals surface area (Å²) >= 11 is 0. The minimum absolute atomic E-state index is 0.0112. The zero-order valence-electron chi connectivity index (χ0n) is 19.9. The topological polar surface area (TPSA) is 66.4 Å². The first-order chi connectivity index (χ1) is 14.4. The van der Waals surface area contributed by atoms with E-state index in [1.807, 2.05) is 0 Å². The predicted octanol–water partition coefficient (Wildman–Crippen LogP) is 4.87. The Labute approximate surface area is 186 Å². The Kier molecular flexibility index (Phi) is 6.81. The third-order valence-electron chi connectivity index (χ3n) is 7.11. The van der Waals surface area contributed by atoms with Crippen molar-refractivity contribution < 1.29 is 32.9 Å². The van der Waals surface area contributed by atoms with Crippen molar-refractivity contribution in [3.05, 3.63) is 23.0 Å². The van der Waals surface area contributed by atoms with Crippen molar-refractivity contribution in [3.8, 4) is 11.5 Å². The molecule has 0 radical (unpaired) electrons. The van der Waals surface area contributed by atoms with Crippen LogP contribution in [-0.2, 0) is 26.1 Å². The van der Waals surface area contributed by atoms with Gasteiger partial charge in [0.1, 0.15) is 5.75 Å². The summed E-state index contributed by atoms with van der Waals surface area (Å²) < 4.78 is 44.8. The first-order valence-corrected chi connectivity index (χ1v) is 13.9. The zero-order valence-corrected chi connectivity index (χ0v) is 20.9. The molecule has 1 saturated carbocycles. The Hall–Kier alpha value is -1.19. The first-order valence-electron chi connectivity index (χ1n) is 11.0. The molecule has 1 spiro atoms. The van der Waals surface area contributed by atoms with Gasteiger partial charge in [-0.05, 0) is 31.0 Å². The number of methoxy groups -OCH3 is 2. The van der Waals surface area contributed by atoms with Gasteiger partial charge in [-0.3, -0.25) is 0 Å². The molecule has 176 valence electrons. The van der Waals surface area contributed by atoms with E-state index >= 15 is 4.39 Å². The highest BCUT2D eigenvalue weighted by Gasteiger charge is 2.51. The van der Waals surface area contributed by atoms with Crippen molar-refractivity contribution in [2.24, 2.45) is 0 Å². The van der Waals surface area contributed by atoms with Gasteiger partial charge in [0.25, 0.3) is 0 Å². The molecule has 1 saturated heterocycles. The highest BCUT2D eigenvalue weighted by Crippen LogP contribution is 2.50. The number of ether oxygens (including phenoxy) is 4. The van der Waals surface area contributed by atoms with Crippen LogP contribution in [-0.4, -0.2) is 46.6 Å². The van der Waals surface area contributed by atoms with Crippen LogP contribution in [0.2, 0.25) is 18.1 Å². The molecule has 1 aromatic carbocycles. The molecule has 6 nitrogen and oxygen atoms in total. The van der Waals surface area contributed by atoms with Gasteiger partial charge >= 0.3 is 0 Å². The molecular formula is C23H37FO6Si. The van der Waals surface area contributed by atoms with Gasteiger partial charge in [0.05, 0.1) is 39.6 Å². The van der Waals surface area contributed by atoms with E-state index in [0.29, 0.717) is 43.8 Å². The Bertz CT molecular complexity index is 800. The zero-order chi connectivity index (χ0) is 23.1. The number of aliphatic hydroxyl groups is 1. The summed E-state index contributed by atoms with van der Waals surface area (Å²) in [5, 5.41) is 11.8. The highest BCUT2D eigenvalue weighted by atomic mass is 28.4. The predicted molar refractivity (Wildman–Crippen MR) is 118 cm³/mol. The molecule has 1 heterocycles. The second-order valence-electron chi connectivity index (χ2n) is 10.2. The van der Waals surface area contributed by atoms with E-state index in [4.69, 9.17) is 23.4 Å². The normalized spacial score (nSPS) is 23.9. The minimum Gasteiger partial charge on any atom is -0.496 e. The molecule has 31 heavy (non-hydrogen) atoms. The fraction of sp³-hybridized carbons (Fsp3) is 0.739. The fourth-order valence-electron chi connectivity index (χ4n) is 4.31. The van der Waals surface area contributed by atoms with Crippen molar-refractivity contribution in [1.82, 2.24) is 0 Å². The van der Waals surface area contributed by atoms with Crippen LogP contribution in [0.3, 0.4) is 0 Å². The lowest BCUT2D eigenvalue weighted by molar-refractivity contribution is -0.221. The molecule has 0 amide bonds. The van der Waals surface area contributed by atoms with E-state index in [9.17, 15) is 5.11 Å². The monoisotopic (exact) mass is 456 g/mol. The van der Waals surface area contributed by atoms with E-state index < -0.39 is 25.5 Å². The maximum absolute atomic E-state index is 15.7.